The second-order valence-electron chi connectivity index (χ2n) is 8.42. The maximum absolute atomic E-state index is 12.7. The van der Waals surface area contributed by atoms with E-state index in [1.54, 1.807) is 0 Å². The first-order chi connectivity index (χ1) is 16.7. The number of halogens is 4. The number of ether oxygens (including phenoxy) is 1. The Morgan fingerprint density at radius 3 is 2.57 bits per heavy atom. The second kappa shape index (κ2) is 10.7. The van der Waals surface area contributed by atoms with E-state index in [9.17, 15) is 18.0 Å². The van der Waals surface area contributed by atoms with Gasteiger partial charge in [-0.25, -0.2) is 4.98 Å². The van der Waals surface area contributed by atoms with E-state index in [2.05, 4.69) is 46.6 Å². The van der Waals surface area contributed by atoms with Crippen molar-refractivity contribution in [3.63, 3.8) is 0 Å². The van der Waals surface area contributed by atoms with Gasteiger partial charge in [0, 0.05) is 29.5 Å². The van der Waals surface area contributed by atoms with E-state index in [0.29, 0.717) is 17.0 Å². The Morgan fingerprint density at radius 2 is 1.86 bits per heavy atom. The van der Waals surface area contributed by atoms with Crippen LogP contribution < -0.4 is 20.7 Å². The van der Waals surface area contributed by atoms with Gasteiger partial charge >= 0.3 is 6.36 Å². The van der Waals surface area contributed by atoms with E-state index >= 15 is 0 Å². The van der Waals surface area contributed by atoms with Gasteiger partial charge < -0.3 is 20.7 Å². The normalized spacial score (nSPS) is 18.2. The van der Waals surface area contributed by atoms with Gasteiger partial charge in [-0.2, -0.15) is 4.98 Å². The molecule has 1 amide bonds. The molecule has 1 aliphatic rings. The number of hydrogen-bond donors (Lipinski definition) is 3. The molecule has 4 rings (SSSR count). The Kier molecular flexibility index (Phi) is 7.63. The van der Waals surface area contributed by atoms with Gasteiger partial charge in [0.25, 0.3) is 5.91 Å². The number of amides is 1. The predicted molar refractivity (Wildman–Crippen MR) is 132 cm³/mol. The molecule has 3 N–H and O–H groups in total. The van der Waals surface area contributed by atoms with E-state index in [4.69, 9.17) is 0 Å². The summed E-state index contributed by atoms with van der Waals surface area (Å²) in [6.07, 6.45) is -1.43. The predicted octanol–water partition coefficient (Wildman–Crippen LogP) is 5.73. The lowest BCUT2D eigenvalue weighted by Gasteiger charge is -2.29. The van der Waals surface area contributed by atoms with E-state index in [1.807, 2.05) is 31.3 Å². The van der Waals surface area contributed by atoms with Crippen LogP contribution in [0.2, 0.25) is 0 Å². The quantitative estimate of drug-likeness (QED) is 0.347. The summed E-state index contributed by atoms with van der Waals surface area (Å²) in [6, 6.07) is 11.9. The standard InChI is InChI=1S/C24H25BrF3N5O2/c1-29-21-17-4-2-3-5-19(17)32-23(33-21)31-16-9-6-14(7-10-16)13-30-22(34)18-11-8-15(25)12-20(18)35-24(26,27)28/h2-5,8,11-12,14,16H,6-7,9-10,13H2,1H3,(H,30,34)(H2,29,31,32,33). The zero-order valence-corrected chi connectivity index (χ0v) is 20.5. The second-order valence-corrected chi connectivity index (χ2v) is 9.34. The Hall–Kier alpha value is -3.08. The fraction of sp³-hybridized carbons (Fsp3) is 0.375. The molecular formula is C24H25BrF3N5O2. The highest BCUT2D eigenvalue weighted by molar-refractivity contribution is 9.10. The van der Waals surface area contributed by atoms with Crippen molar-refractivity contribution in [3.8, 4) is 5.75 Å². The first-order valence-electron chi connectivity index (χ1n) is 11.3. The number of aromatic nitrogens is 2. The van der Waals surface area contributed by atoms with Crippen LogP contribution in [-0.2, 0) is 0 Å². The zero-order valence-electron chi connectivity index (χ0n) is 19.0. The van der Waals surface area contributed by atoms with Crippen LogP contribution in [0, 0.1) is 5.92 Å². The van der Waals surface area contributed by atoms with Crippen LogP contribution in [0.1, 0.15) is 36.0 Å². The Morgan fingerprint density at radius 1 is 1.11 bits per heavy atom. The van der Waals surface area contributed by atoms with Crippen molar-refractivity contribution in [2.75, 3.05) is 24.2 Å². The number of benzene rings is 2. The molecule has 3 aromatic rings. The summed E-state index contributed by atoms with van der Waals surface area (Å²) < 4.78 is 42.6. The molecule has 0 saturated heterocycles. The number of carbonyl (C=O) groups excluding carboxylic acids is 1. The first kappa shape index (κ1) is 25.0. The number of nitrogens with one attached hydrogen (secondary N) is 3. The summed E-state index contributed by atoms with van der Waals surface area (Å²) in [5.74, 6) is 0.424. The molecule has 1 heterocycles. The highest BCUT2D eigenvalue weighted by Gasteiger charge is 2.33. The minimum Gasteiger partial charge on any atom is -0.405 e. The SMILES string of the molecule is CNc1nc(NC2CCC(CNC(=O)c3ccc(Br)cc3OC(F)(F)F)CC2)nc2ccccc12. The molecule has 7 nitrogen and oxygen atoms in total. The van der Waals surface area contributed by atoms with Gasteiger partial charge in [-0.05, 0) is 61.9 Å². The number of para-hydroxylation sites is 1. The third-order valence-corrected chi connectivity index (χ3v) is 6.48. The average molecular weight is 552 g/mol. The molecule has 11 heteroatoms. The summed E-state index contributed by atoms with van der Waals surface area (Å²) in [6.45, 7) is 0.378. The fourth-order valence-electron chi connectivity index (χ4n) is 4.25. The maximum Gasteiger partial charge on any atom is 0.573 e. The number of hydrogen-bond acceptors (Lipinski definition) is 6. The van der Waals surface area contributed by atoms with Crippen molar-refractivity contribution < 1.29 is 22.7 Å². The van der Waals surface area contributed by atoms with Crippen molar-refractivity contribution in [1.29, 1.82) is 0 Å². The lowest BCUT2D eigenvalue weighted by atomic mass is 9.86. The number of fused-ring (bicyclic) bond motifs is 1. The number of nitrogens with zero attached hydrogens (tertiary/aromatic N) is 2. The summed E-state index contributed by atoms with van der Waals surface area (Å²) in [7, 11) is 1.82. The van der Waals surface area contributed by atoms with Gasteiger partial charge in [0.15, 0.2) is 0 Å². The molecule has 1 fully saturated rings. The topological polar surface area (TPSA) is 88.2 Å². The summed E-state index contributed by atoms with van der Waals surface area (Å²) in [5, 5.41) is 10.2. The van der Waals surface area contributed by atoms with Gasteiger partial charge in [0.1, 0.15) is 11.6 Å². The number of anilines is 2. The minimum absolute atomic E-state index is 0.158. The molecule has 2 aromatic carbocycles. The average Bonchev–Trinajstić information content (AvgIpc) is 2.82. The van der Waals surface area contributed by atoms with Gasteiger partial charge in [-0.1, -0.05) is 28.1 Å². The Labute approximate surface area is 209 Å². The van der Waals surface area contributed by atoms with E-state index in [0.717, 1.165) is 48.5 Å². The van der Waals surface area contributed by atoms with Crippen molar-refractivity contribution in [2.24, 2.45) is 5.92 Å². The molecule has 0 unspecified atom stereocenters. The molecule has 0 atom stereocenters. The van der Waals surface area contributed by atoms with Crippen LogP contribution >= 0.6 is 15.9 Å². The van der Waals surface area contributed by atoms with Gasteiger partial charge in [-0.3, -0.25) is 4.79 Å². The molecular weight excluding hydrogens is 527 g/mol. The van der Waals surface area contributed by atoms with Gasteiger partial charge in [0.2, 0.25) is 5.95 Å². The van der Waals surface area contributed by atoms with Crippen LogP contribution in [0.4, 0.5) is 24.9 Å². The molecule has 1 aromatic heterocycles. The molecule has 0 aliphatic heterocycles. The number of alkyl halides is 3. The molecule has 0 spiro atoms. The van der Waals surface area contributed by atoms with Crippen LogP contribution in [-0.4, -0.2) is 41.9 Å². The number of carbonyl (C=O) groups is 1. The molecule has 35 heavy (non-hydrogen) atoms. The molecule has 1 saturated carbocycles. The lowest BCUT2D eigenvalue weighted by molar-refractivity contribution is -0.274. The van der Waals surface area contributed by atoms with Crippen molar-refractivity contribution in [2.45, 2.75) is 38.1 Å². The van der Waals surface area contributed by atoms with Crippen LogP contribution in [0.3, 0.4) is 0 Å². The first-order valence-corrected chi connectivity index (χ1v) is 12.1. The minimum atomic E-state index is -4.89. The molecule has 0 radical (unpaired) electrons. The van der Waals surface area contributed by atoms with E-state index in [1.165, 1.54) is 12.1 Å². The van der Waals surface area contributed by atoms with Gasteiger partial charge in [0.05, 0.1) is 11.1 Å². The Bertz CT molecular complexity index is 1200. The summed E-state index contributed by atoms with van der Waals surface area (Å²) in [4.78, 5) is 21.8. The zero-order chi connectivity index (χ0) is 25.0. The summed E-state index contributed by atoms with van der Waals surface area (Å²) in [5.41, 5.74) is 0.697. The smallest absolute Gasteiger partial charge is 0.405 e. The third-order valence-electron chi connectivity index (χ3n) is 5.99. The lowest BCUT2D eigenvalue weighted by Crippen LogP contribution is -2.34. The summed E-state index contributed by atoms with van der Waals surface area (Å²) >= 11 is 3.11. The van der Waals surface area contributed by atoms with Crippen molar-refractivity contribution in [3.05, 3.63) is 52.5 Å². The molecule has 0 bridgehead atoms. The van der Waals surface area contributed by atoms with Crippen molar-refractivity contribution in [1.82, 2.24) is 15.3 Å². The van der Waals surface area contributed by atoms with E-state index < -0.39 is 18.0 Å². The highest BCUT2D eigenvalue weighted by atomic mass is 79.9. The van der Waals surface area contributed by atoms with Crippen LogP contribution in [0.25, 0.3) is 10.9 Å². The van der Waals surface area contributed by atoms with Gasteiger partial charge in [-0.15, -0.1) is 13.2 Å². The number of rotatable bonds is 7. The van der Waals surface area contributed by atoms with Crippen LogP contribution in [0.15, 0.2) is 46.9 Å². The highest BCUT2D eigenvalue weighted by Crippen LogP contribution is 2.30. The molecule has 186 valence electrons. The largest absolute Gasteiger partial charge is 0.573 e. The maximum atomic E-state index is 12.7. The monoisotopic (exact) mass is 551 g/mol. The Balaban J connectivity index is 1.31. The fourth-order valence-corrected chi connectivity index (χ4v) is 4.59. The molecule has 1 aliphatic carbocycles. The van der Waals surface area contributed by atoms with Crippen LogP contribution in [0.5, 0.6) is 5.75 Å². The van der Waals surface area contributed by atoms with E-state index in [-0.39, 0.29) is 17.5 Å². The third kappa shape index (κ3) is 6.53. The van der Waals surface area contributed by atoms with Crippen molar-refractivity contribution >= 4 is 44.5 Å².